The van der Waals surface area contributed by atoms with E-state index in [4.69, 9.17) is 4.74 Å². The Balaban J connectivity index is 2.84. The van der Waals surface area contributed by atoms with Crippen molar-refractivity contribution in [2.24, 2.45) is 5.41 Å². The van der Waals surface area contributed by atoms with Gasteiger partial charge in [0, 0.05) is 26.8 Å². The van der Waals surface area contributed by atoms with Gasteiger partial charge in [0.1, 0.15) is 0 Å². The Morgan fingerprint density at radius 2 is 2.15 bits per heavy atom. The zero-order valence-corrected chi connectivity index (χ0v) is 13.1. The molecule has 0 aromatic carbocycles. The Hall–Kier alpha value is -0.660. The van der Waals surface area contributed by atoms with Gasteiger partial charge in [-0.2, -0.15) is 0 Å². The number of ether oxygens (including phenoxy) is 1. The molecule has 1 atom stereocenters. The van der Waals surface area contributed by atoms with E-state index in [2.05, 4.69) is 0 Å². The molecule has 7 heteroatoms. The number of hydrogen-bond acceptors (Lipinski definition) is 4. The third kappa shape index (κ3) is 4.17. The molecule has 0 bridgehead atoms. The van der Waals surface area contributed by atoms with Crippen LogP contribution >= 0.6 is 0 Å². The predicted molar refractivity (Wildman–Crippen MR) is 76.1 cm³/mol. The van der Waals surface area contributed by atoms with Crippen molar-refractivity contribution in [2.45, 2.75) is 39.0 Å². The Morgan fingerprint density at radius 3 is 2.70 bits per heavy atom. The fraction of sp³-hybridized carbons (Fsp3) is 0.923. The van der Waals surface area contributed by atoms with Gasteiger partial charge in [0.25, 0.3) is 0 Å². The van der Waals surface area contributed by atoms with E-state index in [1.807, 2.05) is 6.92 Å². The zero-order valence-electron chi connectivity index (χ0n) is 12.3. The molecule has 1 N–H and O–H groups in total. The summed E-state index contributed by atoms with van der Waals surface area (Å²) in [6, 6.07) is 0. The van der Waals surface area contributed by atoms with E-state index >= 15 is 0 Å². The molecule has 0 aliphatic carbocycles. The molecule has 0 radical (unpaired) electrons. The molecule has 0 unspecified atom stereocenters. The molecule has 0 aromatic rings. The highest BCUT2D eigenvalue weighted by Crippen LogP contribution is 2.35. The zero-order chi connectivity index (χ0) is 15.2. The number of sulfonamides is 1. The van der Waals surface area contributed by atoms with Gasteiger partial charge in [0.2, 0.25) is 10.0 Å². The predicted octanol–water partition coefficient (Wildman–Crippen LogP) is 1.32. The van der Waals surface area contributed by atoms with Gasteiger partial charge in [-0.1, -0.05) is 13.3 Å². The SMILES string of the molecule is CCCCS(=O)(=O)N1CCC[C@@](CCOC)(C(=O)O)C1. The minimum Gasteiger partial charge on any atom is -0.481 e. The van der Waals surface area contributed by atoms with Crippen LogP contribution in [0.25, 0.3) is 0 Å². The number of piperidine rings is 1. The van der Waals surface area contributed by atoms with Crippen LogP contribution in [0.15, 0.2) is 0 Å². The smallest absolute Gasteiger partial charge is 0.311 e. The maximum Gasteiger partial charge on any atom is 0.311 e. The quantitative estimate of drug-likeness (QED) is 0.731. The Labute approximate surface area is 121 Å². The van der Waals surface area contributed by atoms with E-state index in [9.17, 15) is 18.3 Å². The topological polar surface area (TPSA) is 83.9 Å². The average Bonchev–Trinajstić information content (AvgIpc) is 2.43. The second kappa shape index (κ2) is 7.38. The first-order valence-electron chi connectivity index (χ1n) is 7.08. The molecular formula is C13H25NO5S. The number of methoxy groups -OCH3 is 1. The van der Waals surface area contributed by atoms with Gasteiger partial charge in [-0.05, 0) is 25.7 Å². The highest BCUT2D eigenvalue weighted by Gasteiger charge is 2.44. The van der Waals surface area contributed by atoms with Crippen molar-refractivity contribution in [3.05, 3.63) is 0 Å². The first-order valence-corrected chi connectivity index (χ1v) is 8.69. The van der Waals surface area contributed by atoms with Crippen molar-refractivity contribution in [1.82, 2.24) is 4.31 Å². The summed E-state index contributed by atoms with van der Waals surface area (Å²) in [5.41, 5.74) is -1.01. The summed E-state index contributed by atoms with van der Waals surface area (Å²) in [5, 5.41) is 9.50. The minimum atomic E-state index is -3.35. The highest BCUT2D eigenvalue weighted by molar-refractivity contribution is 7.89. The molecule has 118 valence electrons. The maximum atomic E-state index is 12.2. The molecule has 1 fully saturated rings. The number of unbranched alkanes of at least 4 members (excludes halogenated alkanes) is 1. The van der Waals surface area contributed by atoms with Crippen molar-refractivity contribution in [3.8, 4) is 0 Å². The van der Waals surface area contributed by atoms with E-state index in [0.717, 1.165) is 6.42 Å². The molecule has 1 aliphatic heterocycles. The van der Waals surface area contributed by atoms with Crippen LogP contribution in [0.1, 0.15) is 39.0 Å². The molecule has 0 aromatic heterocycles. The fourth-order valence-corrected chi connectivity index (χ4v) is 4.33. The van der Waals surface area contributed by atoms with Crippen LogP contribution in [-0.4, -0.2) is 56.4 Å². The molecule has 1 rings (SSSR count). The van der Waals surface area contributed by atoms with Gasteiger partial charge >= 0.3 is 5.97 Å². The van der Waals surface area contributed by atoms with E-state index < -0.39 is 21.4 Å². The second-order valence-electron chi connectivity index (χ2n) is 5.43. The number of rotatable bonds is 8. The standard InChI is InChI=1S/C13H25NO5S/c1-3-4-10-20(17,18)14-8-5-6-13(11-14,12(15)16)7-9-19-2/h3-11H2,1-2H3,(H,15,16)/t13-/m0/s1. The molecule has 1 heterocycles. The molecule has 0 saturated carbocycles. The summed E-state index contributed by atoms with van der Waals surface area (Å²) >= 11 is 0. The summed E-state index contributed by atoms with van der Waals surface area (Å²) in [4.78, 5) is 11.6. The summed E-state index contributed by atoms with van der Waals surface area (Å²) in [6.07, 6.45) is 2.85. The molecule has 1 aliphatic rings. The summed E-state index contributed by atoms with van der Waals surface area (Å²) < 4.78 is 30.8. The van der Waals surface area contributed by atoms with Crippen LogP contribution in [0.4, 0.5) is 0 Å². The average molecular weight is 307 g/mol. The van der Waals surface area contributed by atoms with Crippen molar-refractivity contribution in [3.63, 3.8) is 0 Å². The highest BCUT2D eigenvalue weighted by atomic mass is 32.2. The summed E-state index contributed by atoms with van der Waals surface area (Å²) in [6.45, 7) is 2.76. The van der Waals surface area contributed by atoms with Gasteiger partial charge in [0.15, 0.2) is 0 Å². The van der Waals surface area contributed by atoms with Gasteiger partial charge < -0.3 is 9.84 Å². The van der Waals surface area contributed by atoms with Crippen LogP contribution < -0.4 is 0 Å². The van der Waals surface area contributed by atoms with E-state index in [0.29, 0.717) is 38.8 Å². The number of nitrogens with zero attached hydrogens (tertiary/aromatic N) is 1. The summed E-state index contributed by atoms with van der Waals surface area (Å²) in [7, 11) is -1.82. The lowest BCUT2D eigenvalue weighted by atomic mass is 9.78. The van der Waals surface area contributed by atoms with Gasteiger partial charge in [-0.15, -0.1) is 0 Å². The Morgan fingerprint density at radius 1 is 1.45 bits per heavy atom. The van der Waals surface area contributed by atoms with Gasteiger partial charge in [-0.25, -0.2) is 12.7 Å². The van der Waals surface area contributed by atoms with Gasteiger partial charge in [-0.3, -0.25) is 4.79 Å². The molecular weight excluding hydrogens is 282 g/mol. The van der Waals surface area contributed by atoms with Crippen LogP contribution in [0.3, 0.4) is 0 Å². The van der Waals surface area contributed by atoms with Crippen molar-refractivity contribution in [2.75, 3.05) is 32.6 Å². The van der Waals surface area contributed by atoms with Crippen molar-refractivity contribution < 1.29 is 23.1 Å². The van der Waals surface area contributed by atoms with Gasteiger partial charge in [0.05, 0.1) is 11.2 Å². The van der Waals surface area contributed by atoms with Crippen molar-refractivity contribution in [1.29, 1.82) is 0 Å². The van der Waals surface area contributed by atoms with Crippen LogP contribution in [-0.2, 0) is 19.6 Å². The number of carbonyl (C=O) groups is 1. The Bertz CT molecular complexity index is 422. The molecule has 0 amide bonds. The molecule has 1 saturated heterocycles. The second-order valence-corrected chi connectivity index (χ2v) is 7.52. The van der Waals surface area contributed by atoms with Crippen molar-refractivity contribution >= 4 is 16.0 Å². The first-order chi connectivity index (χ1) is 9.38. The normalized spacial score (nSPS) is 24.7. The van der Waals surface area contributed by atoms with E-state index in [-0.39, 0.29) is 12.3 Å². The van der Waals surface area contributed by atoms with Crippen LogP contribution in [0.5, 0.6) is 0 Å². The maximum absolute atomic E-state index is 12.2. The fourth-order valence-electron chi connectivity index (χ4n) is 2.57. The monoisotopic (exact) mass is 307 g/mol. The lowest BCUT2D eigenvalue weighted by Crippen LogP contribution is -2.50. The third-order valence-corrected chi connectivity index (χ3v) is 5.83. The van der Waals surface area contributed by atoms with E-state index in [1.54, 1.807) is 0 Å². The van der Waals surface area contributed by atoms with E-state index in [1.165, 1.54) is 11.4 Å². The number of carboxylic acids is 1. The summed E-state index contributed by atoms with van der Waals surface area (Å²) in [5.74, 6) is -0.825. The lowest BCUT2D eigenvalue weighted by Gasteiger charge is -2.39. The first kappa shape index (κ1) is 17.4. The molecule has 20 heavy (non-hydrogen) atoms. The largest absolute Gasteiger partial charge is 0.481 e. The molecule has 6 nitrogen and oxygen atoms in total. The third-order valence-electron chi connectivity index (χ3n) is 3.93. The number of aliphatic carboxylic acids is 1. The Kier molecular flexibility index (Phi) is 6.42. The minimum absolute atomic E-state index is 0.0672. The molecule has 0 spiro atoms. The number of hydrogen-bond donors (Lipinski definition) is 1. The van der Waals surface area contributed by atoms with Crippen LogP contribution in [0, 0.1) is 5.41 Å². The lowest BCUT2D eigenvalue weighted by molar-refractivity contribution is -0.152. The van der Waals surface area contributed by atoms with Crippen LogP contribution in [0.2, 0.25) is 0 Å². The number of carboxylic acid groups (broad SMARTS) is 1.